The predicted molar refractivity (Wildman–Crippen MR) is 154 cm³/mol. The van der Waals surface area contributed by atoms with Gasteiger partial charge in [-0.05, 0) is 60.1 Å². The first-order chi connectivity index (χ1) is 19.3. The minimum atomic E-state index is -4.82. The summed E-state index contributed by atoms with van der Waals surface area (Å²) in [6, 6.07) is 12.5. The van der Waals surface area contributed by atoms with Crippen LogP contribution in [0.3, 0.4) is 0 Å². The number of allylic oxidation sites excluding steroid dienone is 3. The van der Waals surface area contributed by atoms with Crippen molar-refractivity contribution in [3.8, 4) is 0 Å². The Bertz CT molecular complexity index is 1500. The van der Waals surface area contributed by atoms with Crippen molar-refractivity contribution in [2.75, 3.05) is 11.4 Å². The maximum atomic E-state index is 14.3. The highest BCUT2D eigenvalue weighted by atomic mass is 35.5. The van der Waals surface area contributed by atoms with E-state index in [9.17, 15) is 31.5 Å². The smallest absolute Gasteiger partial charge is 0.413 e. The number of nitrogens with zero attached hydrogens (tertiary/aromatic N) is 1. The zero-order valence-electron chi connectivity index (χ0n) is 22.9. The molecule has 5 nitrogen and oxygen atoms in total. The molecule has 41 heavy (non-hydrogen) atoms. The van der Waals surface area contributed by atoms with Crippen molar-refractivity contribution in [3.05, 3.63) is 70.8 Å². The zero-order valence-corrected chi connectivity index (χ0v) is 24.4. The molecule has 0 bridgehead atoms. The summed E-state index contributed by atoms with van der Waals surface area (Å²) in [5.74, 6) is -4.46. The van der Waals surface area contributed by atoms with Gasteiger partial charge in [0.1, 0.15) is 0 Å². The quantitative estimate of drug-likeness (QED) is 0.380. The van der Waals surface area contributed by atoms with Crippen LogP contribution < -0.4 is 4.90 Å². The van der Waals surface area contributed by atoms with Crippen LogP contribution in [0.1, 0.15) is 51.5 Å². The molecule has 1 N–H and O–H groups in total. The second kappa shape index (κ2) is 11.1. The maximum Gasteiger partial charge on any atom is 0.413 e. The van der Waals surface area contributed by atoms with E-state index in [4.69, 9.17) is 11.6 Å². The van der Waals surface area contributed by atoms with Gasteiger partial charge in [-0.15, -0.1) is 0 Å². The number of rotatable bonds is 4. The highest BCUT2D eigenvalue weighted by molar-refractivity contribution is 7.92. The fourth-order valence-corrected chi connectivity index (χ4v) is 9.05. The number of para-hydroxylation sites is 1. The molecule has 4 atom stereocenters. The van der Waals surface area contributed by atoms with Gasteiger partial charge in [-0.2, -0.15) is 13.2 Å². The summed E-state index contributed by atoms with van der Waals surface area (Å²) in [5, 5.41) is 9.18. The molecule has 220 valence electrons. The standard InChI is InChI=1S/C31H33ClF3NO4S/c1-18-22(13-14-25(31(33,34)35)29(18)30(37)38)23-15-28-27(16-26(23)32)36(21-11-7-4-8-12-21)17-24(19(2)41(28,39)40)20-9-5-3-6-10-20/h4,7-8,11-16,18-20,24,29H,3,5-6,9-10,17H2,1-2H3,(H,37,38)/t18?,19?,24-,29?/m1/s1. The molecule has 0 radical (unpaired) electrons. The van der Waals surface area contributed by atoms with Crippen LogP contribution in [-0.4, -0.2) is 37.5 Å². The molecular formula is C31H33ClF3NO4S. The molecule has 2 aromatic rings. The highest BCUT2D eigenvalue weighted by Gasteiger charge is 2.47. The van der Waals surface area contributed by atoms with Gasteiger partial charge in [0.15, 0.2) is 9.84 Å². The topological polar surface area (TPSA) is 74.7 Å². The van der Waals surface area contributed by atoms with Gasteiger partial charge in [0.2, 0.25) is 0 Å². The molecule has 2 aliphatic carbocycles. The minimum absolute atomic E-state index is 0.0529. The molecule has 1 aliphatic heterocycles. The second-order valence-corrected chi connectivity index (χ2v) is 14.1. The van der Waals surface area contributed by atoms with Gasteiger partial charge in [-0.25, -0.2) is 8.42 Å². The van der Waals surface area contributed by atoms with Crippen molar-refractivity contribution in [1.82, 2.24) is 0 Å². The molecule has 3 unspecified atom stereocenters. The Labute approximate surface area is 243 Å². The number of anilines is 2. The van der Waals surface area contributed by atoms with Crippen molar-refractivity contribution < 1.29 is 31.5 Å². The lowest BCUT2D eigenvalue weighted by Crippen LogP contribution is -2.38. The normalized spacial score (nSPS) is 26.9. The summed E-state index contributed by atoms with van der Waals surface area (Å²) in [6.07, 6.45) is 2.35. The van der Waals surface area contributed by atoms with E-state index < -0.39 is 44.6 Å². The number of carbonyl (C=O) groups is 1. The van der Waals surface area contributed by atoms with E-state index in [1.165, 1.54) is 19.1 Å². The SMILES string of the molecule is CC1C(c2cc3c(cc2Cl)N(c2ccccc2)C[C@@H](C2CCCCC2)C(C)S3(=O)=O)=CC=C(C(F)(F)F)C1C(=O)O. The van der Waals surface area contributed by atoms with E-state index in [2.05, 4.69) is 0 Å². The van der Waals surface area contributed by atoms with Crippen LogP contribution in [0.2, 0.25) is 5.02 Å². The summed E-state index contributed by atoms with van der Waals surface area (Å²) < 4.78 is 69.6. The molecule has 0 aromatic heterocycles. The lowest BCUT2D eigenvalue weighted by atomic mass is 9.75. The Kier molecular flexibility index (Phi) is 8.07. The van der Waals surface area contributed by atoms with E-state index >= 15 is 0 Å². The number of hydrogen-bond acceptors (Lipinski definition) is 4. The third-order valence-corrected chi connectivity index (χ3v) is 11.7. The number of halogens is 4. The van der Waals surface area contributed by atoms with E-state index in [1.54, 1.807) is 13.0 Å². The first kappa shape index (κ1) is 29.7. The summed E-state index contributed by atoms with van der Waals surface area (Å²) >= 11 is 6.78. The first-order valence-corrected chi connectivity index (χ1v) is 15.9. The van der Waals surface area contributed by atoms with Gasteiger partial charge in [0.25, 0.3) is 0 Å². The van der Waals surface area contributed by atoms with Gasteiger partial charge >= 0.3 is 12.1 Å². The van der Waals surface area contributed by atoms with Crippen LogP contribution >= 0.6 is 11.6 Å². The Hall–Kier alpha value is -2.78. The van der Waals surface area contributed by atoms with Crippen molar-refractivity contribution in [3.63, 3.8) is 0 Å². The average Bonchev–Trinajstić information content (AvgIpc) is 3.01. The van der Waals surface area contributed by atoms with Crippen molar-refractivity contribution in [2.24, 2.45) is 23.7 Å². The third kappa shape index (κ3) is 5.43. The van der Waals surface area contributed by atoms with Gasteiger partial charge in [0.05, 0.1) is 26.8 Å². The molecule has 1 fully saturated rings. The highest BCUT2D eigenvalue weighted by Crippen LogP contribution is 2.49. The van der Waals surface area contributed by atoms with Gasteiger partial charge in [-0.1, -0.05) is 81.0 Å². The van der Waals surface area contributed by atoms with Crippen LogP contribution in [0.4, 0.5) is 24.5 Å². The first-order valence-electron chi connectivity index (χ1n) is 13.9. The monoisotopic (exact) mass is 607 g/mol. The number of benzene rings is 2. The molecule has 3 aliphatic rings. The number of hydrogen-bond donors (Lipinski definition) is 1. The molecule has 10 heteroatoms. The molecule has 2 aromatic carbocycles. The van der Waals surface area contributed by atoms with Gasteiger partial charge in [-0.3, -0.25) is 4.79 Å². The number of carboxylic acids is 1. The summed E-state index contributed by atoms with van der Waals surface area (Å²) in [5.41, 5.74) is 0.554. The van der Waals surface area contributed by atoms with E-state index in [0.29, 0.717) is 12.2 Å². The zero-order chi connectivity index (χ0) is 29.7. The van der Waals surface area contributed by atoms with Crippen molar-refractivity contribution in [2.45, 2.75) is 62.3 Å². The van der Waals surface area contributed by atoms with Crippen LogP contribution in [0.15, 0.2) is 65.1 Å². The van der Waals surface area contributed by atoms with Crippen LogP contribution in [0, 0.1) is 23.7 Å². The Morgan fingerprint density at radius 2 is 1.68 bits per heavy atom. The molecule has 1 saturated carbocycles. The molecular weight excluding hydrogens is 575 g/mol. The van der Waals surface area contributed by atoms with Gasteiger partial charge < -0.3 is 10.0 Å². The molecule has 0 spiro atoms. The minimum Gasteiger partial charge on any atom is -0.481 e. The van der Waals surface area contributed by atoms with E-state index in [0.717, 1.165) is 43.9 Å². The number of sulfone groups is 1. The van der Waals surface area contributed by atoms with E-state index in [-0.39, 0.29) is 32.9 Å². The summed E-state index contributed by atoms with van der Waals surface area (Å²) in [6.45, 7) is 3.63. The molecule has 1 heterocycles. The molecule has 0 saturated heterocycles. The Morgan fingerprint density at radius 1 is 1.02 bits per heavy atom. The number of fused-ring (bicyclic) bond motifs is 1. The number of alkyl halides is 3. The lowest BCUT2D eigenvalue weighted by molar-refractivity contribution is -0.147. The largest absolute Gasteiger partial charge is 0.481 e. The van der Waals surface area contributed by atoms with E-state index in [1.807, 2.05) is 35.2 Å². The predicted octanol–water partition coefficient (Wildman–Crippen LogP) is 8.07. The Morgan fingerprint density at radius 3 is 2.29 bits per heavy atom. The average molecular weight is 608 g/mol. The van der Waals surface area contributed by atoms with Gasteiger partial charge in [0, 0.05) is 17.8 Å². The van der Waals surface area contributed by atoms with Crippen molar-refractivity contribution >= 4 is 44.4 Å². The molecule has 0 amide bonds. The summed E-state index contributed by atoms with van der Waals surface area (Å²) in [7, 11) is -3.90. The van der Waals surface area contributed by atoms with Crippen molar-refractivity contribution in [1.29, 1.82) is 0 Å². The fourth-order valence-electron chi connectivity index (χ4n) is 6.87. The second-order valence-electron chi connectivity index (χ2n) is 11.4. The molecule has 5 rings (SSSR count). The fraction of sp³-hybridized carbons (Fsp3) is 0.452. The van der Waals surface area contributed by atoms with Crippen LogP contribution in [-0.2, 0) is 14.6 Å². The Balaban J connectivity index is 1.69. The number of carboxylic acid groups (broad SMARTS) is 1. The summed E-state index contributed by atoms with van der Waals surface area (Å²) in [4.78, 5) is 14.0. The van der Waals surface area contributed by atoms with Crippen LogP contribution in [0.5, 0.6) is 0 Å². The lowest BCUT2D eigenvalue weighted by Gasteiger charge is -2.35. The number of aliphatic carboxylic acids is 1. The maximum absolute atomic E-state index is 14.3. The third-order valence-electron chi connectivity index (χ3n) is 9.13. The van der Waals surface area contributed by atoms with Crippen LogP contribution in [0.25, 0.3) is 5.57 Å².